The first-order valence-corrected chi connectivity index (χ1v) is 6.14. The number of hydrogen-bond donors (Lipinski definition) is 1. The van der Waals surface area contributed by atoms with Crippen LogP contribution in [0.25, 0.3) is 0 Å². The normalized spacial score (nSPS) is 21.1. The predicted molar refractivity (Wildman–Crippen MR) is 63.0 cm³/mol. The van der Waals surface area contributed by atoms with Crippen molar-refractivity contribution >= 4 is 5.97 Å². The average Bonchev–Trinajstić information content (AvgIpc) is 2.77. The molecule has 2 heterocycles. The van der Waals surface area contributed by atoms with Gasteiger partial charge in [-0.3, -0.25) is 4.90 Å². The van der Waals surface area contributed by atoms with Gasteiger partial charge in [-0.15, -0.1) is 0 Å². The van der Waals surface area contributed by atoms with Crippen LogP contribution in [-0.4, -0.2) is 56.5 Å². The molecule has 0 bridgehead atoms. The second kappa shape index (κ2) is 5.92. The highest BCUT2D eigenvalue weighted by atomic mass is 16.5. The molecular weight excluding hydrogens is 236 g/mol. The zero-order valence-corrected chi connectivity index (χ0v) is 10.4. The summed E-state index contributed by atoms with van der Waals surface area (Å²) in [6.45, 7) is 5.10. The third-order valence-electron chi connectivity index (χ3n) is 2.92. The highest BCUT2D eigenvalue weighted by molar-refractivity contribution is 5.72. The molecule has 1 atom stereocenters. The fourth-order valence-corrected chi connectivity index (χ4v) is 2.00. The van der Waals surface area contributed by atoms with E-state index in [1.54, 1.807) is 6.33 Å². The molecular formula is C11H18N4O3. The zero-order valence-electron chi connectivity index (χ0n) is 10.4. The second-order valence-electron chi connectivity index (χ2n) is 4.33. The number of carboxylic acids is 1. The number of carboxylic acid groups (broad SMARTS) is 1. The van der Waals surface area contributed by atoms with Gasteiger partial charge in [0.25, 0.3) is 0 Å². The van der Waals surface area contributed by atoms with Crippen molar-refractivity contribution in [1.29, 1.82) is 0 Å². The van der Waals surface area contributed by atoms with Gasteiger partial charge in [0.15, 0.2) is 6.10 Å². The number of rotatable bonds is 5. The summed E-state index contributed by atoms with van der Waals surface area (Å²) in [5, 5.41) is 13.1. The topological polar surface area (TPSA) is 80.5 Å². The van der Waals surface area contributed by atoms with Crippen molar-refractivity contribution < 1.29 is 14.6 Å². The first kappa shape index (κ1) is 13.0. The van der Waals surface area contributed by atoms with E-state index >= 15 is 0 Å². The van der Waals surface area contributed by atoms with Crippen LogP contribution in [-0.2, 0) is 22.6 Å². The van der Waals surface area contributed by atoms with Crippen molar-refractivity contribution in [2.24, 2.45) is 0 Å². The van der Waals surface area contributed by atoms with E-state index in [4.69, 9.17) is 9.84 Å². The number of aryl methyl sites for hydroxylation is 1. The van der Waals surface area contributed by atoms with Gasteiger partial charge in [-0.05, 0) is 6.42 Å². The van der Waals surface area contributed by atoms with Gasteiger partial charge in [-0.2, -0.15) is 5.10 Å². The Bertz CT molecular complexity index is 407. The molecule has 1 aromatic heterocycles. The van der Waals surface area contributed by atoms with Gasteiger partial charge < -0.3 is 9.84 Å². The number of nitrogens with zero attached hydrogens (tertiary/aromatic N) is 4. The zero-order chi connectivity index (χ0) is 13.0. The van der Waals surface area contributed by atoms with E-state index in [9.17, 15) is 4.79 Å². The highest BCUT2D eigenvalue weighted by Crippen LogP contribution is 2.09. The van der Waals surface area contributed by atoms with Gasteiger partial charge in [-0.1, -0.05) is 6.92 Å². The minimum atomic E-state index is -0.908. The average molecular weight is 254 g/mol. The summed E-state index contributed by atoms with van der Waals surface area (Å²) in [7, 11) is 0. The van der Waals surface area contributed by atoms with Gasteiger partial charge in [0.05, 0.1) is 13.2 Å². The third kappa shape index (κ3) is 3.05. The molecule has 1 aliphatic rings. The maximum absolute atomic E-state index is 10.9. The number of hydrogen-bond acceptors (Lipinski definition) is 5. The number of morpholine rings is 1. The molecule has 1 unspecified atom stereocenters. The molecule has 7 nitrogen and oxygen atoms in total. The van der Waals surface area contributed by atoms with E-state index in [1.165, 1.54) is 0 Å². The molecule has 1 fully saturated rings. The summed E-state index contributed by atoms with van der Waals surface area (Å²) in [5.74, 6) is -0.0300. The third-order valence-corrected chi connectivity index (χ3v) is 2.92. The van der Waals surface area contributed by atoms with Crippen molar-refractivity contribution in [1.82, 2.24) is 19.7 Å². The molecule has 1 saturated heterocycles. The number of ether oxygens (including phenoxy) is 1. The fourth-order valence-electron chi connectivity index (χ4n) is 2.00. The Morgan fingerprint density at radius 2 is 2.50 bits per heavy atom. The van der Waals surface area contributed by atoms with Crippen molar-refractivity contribution in [3.63, 3.8) is 0 Å². The van der Waals surface area contributed by atoms with Gasteiger partial charge in [0, 0.05) is 19.6 Å². The first-order chi connectivity index (χ1) is 8.70. The van der Waals surface area contributed by atoms with Crippen LogP contribution in [0, 0.1) is 0 Å². The smallest absolute Gasteiger partial charge is 0.334 e. The molecule has 7 heteroatoms. The molecule has 0 amide bonds. The lowest BCUT2D eigenvalue weighted by Crippen LogP contribution is -2.45. The molecule has 100 valence electrons. The predicted octanol–water partition coefficient (Wildman–Crippen LogP) is -0.0265. The minimum absolute atomic E-state index is 0.397. The minimum Gasteiger partial charge on any atom is -0.479 e. The Balaban J connectivity index is 1.96. The van der Waals surface area contributed by atoms with Crippen LogP contribution in [0.15, 0.2) is 6.33 Å². The van der Waals surface area contributed by atoms with Crippen LogP contribution in [0.1, 0.15) is 19.2 Å². The maximum atomic E-state index is 10.9. The van der Waals surface area contributed by atoms with Crippen molar-refractivity contribution in [3.05, 3.63) is 12.2 Å². The summed E-state index contributed by atoms with van der Waals surface area (Å²) < 4.78 is 7.05. The van der Waals surface area contributed by atoms with Gasteiger partial charge in [0.2, 0.25) is 0 Å². The van der Waals surface area contributed by atoms with Crippen LogP contribution in [0.3, 0.4) is 0 Å². The molecule has 0 radical (unpaired) electrons. The number of carbonyl (C=O) groups is 1. The van der Waals surface area contributed by atoms with Gasteiger partial charge in [-0.25, -0.2) is 14.5 Å². The second-order valence-corrected chi connectivity index (χ2v) is 4.33. The number of aliphatic carboxylic acids is 1. The standard InChI is InChI=1S/C11H18N4O3/c1-2-3-15-10(12-8-13-15)7-14-4-5-18-9(6-14)11(16)17/h8-9H,2-7H2,1H3,(H,16,17). The van der Waals surface area contributed by atoms with Crippen LogP contribution in [0.4, 0.5) is 0 Å². The van der Waals surface area contributed by atoms with E-state index in [-0.39, 0.29) is 0 Å². The highest BCUT2D eigenvalue weighted by Gasteiger charge is 2.26. The summed E-state index contributed by atoms with van der Waals surface area (Å²) in [5.41, 5.74) is 0. The van der Waals surface area contributed by atoms with E-state index in [0.29, 0.717) is 19.7 Å². The van der Waals surface area contributed by atoms with Crippen LogP contribution >= 0.6 is 0 Å². The van der Waals surface area contributed by atoms with Crippen LogP contribution < -0.4 is 0 Å². The Morgan fingerprint density at radius 3 is 3.22 bits per heavy atom. The van der Waals surface area contributed by atoms with Crippen molar-refractivity contribution in [2.75, 3.05) is 19.7 Å². The summed E-state index contributed by atoms with van der Waals surface area (Å²) in [6.07, 6.45) is 1.80. The molecule has 1 aliphatic heterocycles. The largest absolute Gasteiger partial charge is 0.479 e. The molecule has 0 aliphatic carbocycles. The quantitative estimate of drug-likeness (QED) is 0.795. The molecule has 2 rings (SSSR count). The molecule has 0 saturated carbocycles. The lowest BCUT2D eigenvalue weighted by molar-refractivity contribution is -0.156. The summed E-state index contributed by atoms with van der Waals surface area (Å²) >= 11 is 0. The maximum Gasteiger partial charge on any atom is 0.334 e. The van der Waals surface area contributed by atoms with Gasteiger partial charge in [0.1, 0.15) is 12.2 Å². The fraction of sp³-hybridized carbons (Fsp3) is 0.727. The lowest BCUT2D eigenvalue weighted by atomic mass is 10.2. The molecule has 0 spiro atoms. The molecule has 1 N–H and O–H groups in total. The number of aromatic nitrogens is 3. The van der Waals surface area contributed by atoms with E-state index in [1.807, 2.05) is 9.58 Å². The molecule has 1 aromatic rings. The van der Waals surface area contributed by atoms with Gasteiger partial charge >= 0.3 is 5.97 Å². The van der Waals surface area contributed by atoms with Crippen molar-refractivity contribution in [3.8, 4) is 0 Å². The van der Waals surface area contributed by atoms with E-state index in [0.717, 1.165) is 25.3 Å². The van der Waals surface area contributed by atoms with Crippen LogP contribution in [0.5, 0.6) is 0 Å². The Morgan fingerprint density at radius 1 is 1.67 bits per heavy atom. The van der Waals surface area contributed by atoms with Crippen LogP contribution in [0.2, 0.25) is 0 Å². The summed E-state index contributed by atoms with van der Waals surface area (Å²) in [4.78, 5) is 17.1. The van der Waals surface area contributed by atoms with E-state index < -0.39 is 12.1 Å². The van der Waals surface area contributed by atoms with Crippen molar-refractivity contribution in [2.45, 2.75) is 32.5 Å². The Kier molecular flexibility index (Phi) is 4.27. The summed E-state index contributed by atoms with van der Waals surface area (Å²) in [6, 6.07) is 0. The monoisotopic (exact) mass is 254 g/mol. The Labute approximate surface area is 105 Å². The SMILES string of the molecule is CCCn1ncnc1CN1CCOC(C(=O)O)C1. The molecule has 0 aromatic carbocycles. The Hall–Kier alpha value is -1.47. The van der Waals surface area contributed by atoms with E-state index in [2.05, 4.69) is 17.0 Å². The molecule has 18 heavy (non-hydrogen) atoms. The lowest BCUT2D eigenvalue weighted by Gasteiger charge is -2.30. The first-order valence-electron chi connectivity index (χ1n) is 6.14.